The molecule has 0 aliphatic rings. The third-order valence-electron chi connectivity index (χ3n) is 3.15. The lowest BCUT2D eigenvalue weighted by molar-refractivity contribution is -0.116. The third kappa shape index (κ3) is 6.24. The Morgan fingerprint density at radius 1 is 1.16 bits per heavy atom. The maximum Gasteiger partial charge on any atom is 0.278 e. The average Bonchev–Trinajstić information content (AvgIpc) is 2.59. The number of carbonyl (C=O) groups excluding carboxylic acids is 1. The predicted molar refractivity (Wildman–Crippen MR) is 93.6 cm³/mol. The molecule has 0 spiro atoms. The van der Waals surface area contributed by atoms with Gasteiger partial charge in [0.05, 0.1) is 25.6 Å². The van der Waals surface area contributed by atoms with E-state index in [1.165, 1.54) is 18.3 Å². The number of rotatable bonds is 8. The van der Waals surface area contributed by atoms with Gasteiger partial charge < -0.3 is 14.8 Å². The van der Waals surface area contributed by atoms with Crippen molar-refractivity contribution in [2.24, 2.45) is 0 Å². The van der Waals surface area contributed by atoms with E-state index in [2.05, 4.69) is 10.3 Å². The molecule has 2 aromatic rings. The highest BCUT2D eigenvalue weighted by Gasteiger charge is 2.11. The summed E-state index contributed by atoms with van der Waals surface area (Å²) in [5.41, 5.74) is 0.394. The second-order valence-corrected chi connectivity index (χ2v) is 7.51. The van der Waals surface area contributed by atoms with Crippen LogP contribution in [0, 0.1) is 0 Å². The second-order valence-electron chi connectivity index (χ2n) is 5.00. The molecule has 0 saturated heterocycles. The number of methoxy groups -OCH3 is 1. The lowest BCUT2D eigenvalue weighted by Crippen LogP contribution is -2.13. The highest BCUT2D eigenvalue weighted by molar-refractivity contribution is 8.13. The van der Waals surface area contributed by atoms with Crippen molar-refractivity contribution in [3.05, 3.63) is 42.6 Å². The van der Waals surface area contributed by atoms with Gasteiger partial charge in [0.15, 0.2) is 5.03 Å². The fourth-order valence-corrected chi connectivity index (χ4v) is 2.60. The molecule has 25 heavy (non-hydrogen) atoms. The van der Waals surface area contributed by atoms with E-state index in [0.717, 1.165) is 5.75 Å². The molecule has 7 nitrogen and oxygen atoms in total. The number of hydrogen-bond donors (Lipinski definition) is 1. The van der Waals surface area contributed by atoms with E-state index in [-0.39, 0.29) is 17.4 Å². The number of anilines is 1. The molecule has 0 saturated carbocycles. The summed E-state index contributed by atoms with van der Waals surface area (Å²) in [6.07, 6.45) is 2.02. The zero-order valence-electron chi connectivity index (χ0n) is 13.4. The minimum atomic E-state index is -3.87. The van der Waals surface area contributed by atoms with Gasteiger partial charge in [0.1, 0.15) is 11.5 Å². The van der Waals surface area contributed by atoms with Crippen molar-refractivity contribution in [3.63, 3.8) is 0 Å². The van der Waals surface area contributed by atoms with Crippen LogP contribution in [0.1, 0.15) is 12.8 Å². The van der Waals surface area contributed by atoms with Crippen LogP contribution in [0.5, 0.6) is 11.5 Å². The Balaban J connectivity index is 1.73. The second kappa shape index (κ2) is 8.68. The van der Waals surface area contributed by atoms with E-state index in [9.17, 15) is 13.2 Å². The molecule has 1 amide bonds. The van der Waals surface area contributed by atoms with Gasteiger partial charge in [0.25, 0.3) is 9.05 Å². The quantitative estimate of drug-likeness (QED) is 0.555. The molecular formula is C16H17ClN2O5S. The first kappa shape index (κ1) is 19.0. The van der Waals surface area contributed by atoms with Crippen molar-refractivity contribution >= 4 is 31.3 Å². The molecule has 0 atom stereocenters. The highest BCUT2D eigenvalue weighted by atomic mass is 35.7. The van der Waals surface area contributed by atoms with Crippen LogP contribution >= 0.6 is 10.7 Å². The van der Waals surface area contributed by atoms with E-state index >= 15 is 0 Å². The van der Waals surface area contributed by atoms with Crippen molar-refractivity contribution in [3.8, 4) is 11.5 Å². The fraction of sp³-hybridized carbons (Fsp3) is 0.250. The molecule has 0 radical (unpaired) electrons. The van der Waals surface area contributed by atoms with Crippen LogP contribution in [0.25, 0.3) is 0 Å². The van der Waals surface area contributed by atoms with E-state index in [1.54, 1.807) is 31.4 Å². The maximum atomic E-state index is 11.8. The van der Waals surface area contributed by atoms with Crippen molar-refractivity contribution < 1.29 is 22.7 Å². The molecule has 0 aliphatic carbocycles. The summed E-state index contributed by atoms with van der Waals surface area (Å²) >= 11 is 0. The number of nitrogens with zero attached hydrogens (tertiary/aromatic N) is 1. The Labute approximate surface area is 150 Å². The molecule has 134 valence electrons. The number of ether oxygens (including phenoxy) is 2. The number of amides is 1. The molecule has 1 N–H and O–H groups in total. The lowest BCUT2D eigenvalue weighted by atomic mass is 10.3. The molecule has 1 aromatic heterocycles. The smallest absolute Gasteiger partial charge is 0.278 e. The summed E-state index contributed by atoms with van der Waals surface area (Å²) in [7, 11) is 2.89. The predicted octanol–water partition coefficient (Wildman–Crippen LogP) is 2.82. The Kier molecular flexibility index (Phi) is 6.60. The van der Waals surface area contributed by atoms with Crippen LogP contribution in [0.3, 0.4) is 0 Å². The van der Waals surface area contributed by atoms with E-state index < -0.39 is 9.05 Å². The van der Waals surface area contributed by atoms with Crippen LogP contribution in [0.2, 0.25) is 0 Å². The Morgan fingerprint density at radius 2 is 1.84 bits per heavy atom. The van der Waals surface area contributed by atoms with Gasteiger partial charge in [0.2, 0.25) is 5.91 Å². The number of nitrogens with one attached hydrogen (secondary N) is 1. The third-order valence-corrected chi connectivity index (χ3v) is 4.36. The van der Waals surface area contributed by atoms with Crippen LogP contribution < -0.4 is 14.8 Å². The minimum Gasteiger partial charge on any atom is -0.497 e. The minimum absolute atomic E-state index is 0.221. The van der Waals surface area contributed by atoms with Gasteiger partial charge in [-0.05, 0) is 42.8 Å². The number of benzene rings is 1. The summed E-state index contributed by atoms with van der Waals surface area (Å²) in [6, 6.07) is 9.81. The number of hydrogen-bond acceptors (Lipinski definition) is 6. The molecule has 0 aliphatic heterocycles. The Bertz CT molecular complexity index is 807. The van der Waals surface area contributed by atoms with Crippen LogP contribution in [0.4, 0.5) is 5.69 Å². The molecule has 9 heteroatoms. The SMILES string of the molecule is COc1ccc(OCCCC(=O)Nc2ccc(S(=O)(=O)Cl)nc2)cc1. The standard InChI is InChI=1S/C16H17ClN2O5S/c1-23-13-5-7-14(8-6-13)24-10-2-3-15(20)19-12-4-9-16(18-11-12)25(17,21)22/h4-9,11H,2-3,10H2,1H3,(H,19,20). The summed E-state index contributed by atoms with van der Waals surface area (Å²) in [5, 5.41) is 2.36. The van der Waals surface area contributed by atoms with E-state index in [4.69, 9.17) is 20.2 Å². The summed E-state index contributed by atoms with van der Waals surface area (Å²) < 4.78 is 32.8. The summed E-state index contributed by atoms with van der Waals surface area (Å²) in [4.78, 5) is 15.5. The number of carbonyl (C=O) groups is 1. The number of pyridine rings is 1. The summed E-state index contributed by atoms with van der Waals surface area (Å²) in [6.45, 7) is 0.390. The first-order chi connectivity index (χ1) is 11.9. The van der Waals surface area contributed by atoms with Gasteiger partial charge in [-0.3, -0.25) is 4.79 Å². The van der Waals surface area contributed by atoms with E-state index in [1.807, 2.05) is 0 Å². The zero-order chi connectivity index (χ0) is 18.3. The normalized spacial score (nSPS) is 11.0. The Morgan fingerprint density at radius 3 is 2.40 bits per heavy atom. The van der Waals surface area contributed by atoms with Crippen molar-refractivity contribution in [1.29, 1.82) is 0 Å². The van der Waals surface area contributed by atoms with Gasteiger partial charge in [0, 0.05) is 17.1 Å². The number of aromatic nitrogens is 1. The monoisotopic (exact) mass is 384 g/mol. The van der Waals surface area contributed by atoms with Gasteiger partial charge in [-0.15, -0.1) is 0 Å². The largest absolute Gasteiger partial charge is 0.497 e. The maximum absolute atomic E-state index is 11.8. The van der Waals surface area contributed by atoms with Gasteiger partial charge in [-0.2, -0.15) is 0 Å². The van der Waals surface area contributed by atoms with Crippen LogP contribution in [-0.4, -0.2) is 33.0 Å². The Hall–Kier alpha value is -2.32. The molecular weight excluding hydrogens is 368 g/mol. The molecule has 0 fully saturated rings. The number of halogens is 1. The van der Waals surface area contributed by atoms with Gasteiger partial charge in [-0.25, -0.2) is 13.4 Å². The van der Waals surface area contributed by atoms with Crippen molar-refractivity contribution in [1.82, 2.24) is 4.98 Å². The molecule has 2 rings (SSSR count). The topological polar surface area (TPSA) is 94.6 Å². The zero-order valence-corrected chi connectivity index (χ0v) is 15.0. The first-order valence-corrected chi connectivity index (χ1v) is 9.67. The fourth-order valence-electron chi connectivity index (χ4n) is 1.92. The van der Waals surface area contributed by atoms with Crippen LogP contribution in [0.15, 0.2) is 47.6 Å². The lowest BCUT2D eigenvalue weighted by Gasteiger charge is -2.08. The van der Waals surface area contributed by atoms with E-state index in [0.29, 0.717) is 24.5 Å². The average molecular weight is 385 g/mol. The van der Waals surface area contributed by atoms with Crippen molar-refractivity contribution in [2.75, 3.05) is 19.0 Å². The first-order valence-electron chi connectivity index (χ1n) is 7.36. The van der Waals surface area contributed by atoms with Gasteiger partial charge in [-0.1, -0.05) is 0 Å². The molecule has 1 heterocycles. The molecule has 1 aromatic carbocycles. The van der Waals surface area contributed by atoms with Crippen LogP contribution in [-0.2, 0) is 13.8 Å². The summed E-state index contributed by atoms with van der Waals surface area (Å²) in [5.74, 6) is 1.22. The highest BCUT2D eigenvalue weighted by Crippen LogP contribution is 2.17. The van der Waals surface area contributed by atoms with Gasteiger partial charge >= 0.3 is 0 Å². The van der Waals surface area contributed by atoms with Crippen molar-refractivity contribution in [2.45, 2.75) is 17.9 Å². The molecule has 0 bridgehead atoms. The molecule has 0 unspecified atom stereocenters.